The lowest BCUT2D eigenvalue weighted by atomic mass is 9.84. The Kier molecular flexibility index (Phi) is 8.65. The second-order valence-electron chi connectivity index (χ2n) is 12.2. The zero-order valence-electron chi connectivity index (χ0n) is 25.5. The summed E-state index contributed by atoms with van der Waals surface area (Å²) < 4.78 is 28.9. The van der Waals surface area contributed by atoms with E-state index in [1.165, 1.54) is 33.7 Å². The van der Waals surface area contributed by atoms with Gasteiger partial charge >= 0.3 is 0 Å². The maximum absolute atomic E-state index is 14.4. The van der Waals surface area contributed by atoms with Crippen LogP contribution in [0.15, 0.2) is 48.2 Å². The molecular formula is C34H35ClF2N6O2S. The molecule has 2 aromatic carbocycles. The number of benzene rings is 2. The molecule has 7 rings (SSSR count). The number of imidazole rings is 1. The van der Waals surface area contributed by atoms with Gasteiger partial charge in [0.2, 0.25) is 0 Å². The van der Waals surface area contributed by atoms with Crippen molar-refractivity contribution < 1.29 is 18.4 Å². The summed E-state index contributed by atoms with van der Waals surface area (Å²) in [4.78, 5) is 40.3. The van der Waals surface area contributed by atoms with Crippen LogP contribution >= 0.6 is 22.9 Å². The standard InChI is InChI=1S/C34H35ClF2N6O2S/c1-2-20-13-22(3-4-25(20)21-5-9-41(10-6-21)11-7-36)23-14-26-27(28(35)15-23)18-43(33(26)45)31(32(44)40-34-38-8-12-46-34)30-29-16-24(37)17-42(29)19-39-30/h3-4,8,12-15,19,21,24,31H,2,5-7,9-11,16-18H2,1H3,(H,38,40,44)/t24-,31?/m1/s1. The van der Waals surface area contributed by atoms with Crippen molar-refractivity contribution in [3.8, 4) is 11.1 Å². The normalized spacial score (nSPS) is 19.0. The first-order valence-corrected chi connectivity index (χ1v) is 17.0. The molecule has 2 aromatic heterocycles. The third kappa shape index (κ3) is 5.73. The van der Waals surface area contributed by atoms with E-state index in [2.05, 4.69) is 45.3 Å². The predicted molar refractivity (Wildman–Crippen MR) is 175 cm³/mol. The van der Waals surface area contributed by atoms with Gasteiger partial charge in [-0.25, -0.2) is 18.7 Å². The van der Waals surface area contributed by atoms with Crippen molar-refractivity contribution in [2.75, 3.05) is 31.6 Å². The Labute approximate surface area is 275 Å². The van der Waals surface area contributed by atoms with E-state index in [9.17, 15) is 18.4 Å². The number of fused-ring (bicyclic) bond motifs is 2. The maximum Gasteiger partial charge on any atom is 0.255 e. The number of hydrogen-bond acceptors (Lipinski definition) is 6. The number of likely N-dealkylation sites (tertiary alicyclic amines) is 1. The van der Waals surface area contributed by atoms with Crippen molar-refractivity contribution in [2.24, 2.45) is 0 Å². The molecule has 1 unspecified atom stereocenters. The lowest BCUT2D eigenvalue weighted by Crippen LogP contribution is -2.38. The van der Waals surface area contributed by atoms with Crippen LogP contribution in [0.5, 0.6) is 0 Å². The van der Waals surface area contributed by atoms with Crippen molar-refractivity contribution in [2.45, 2.75) is 63.8 Å². The number of nitrogens with zero attached hydrogens (tertiary/aromatic N) is 5. The summed E-state index contributed by atoms with van der Waals surface area (Å²) in [5, 5.41) is 5.42. The molecule has 2 atom stereocenters. The van der Waals surface area contributed by atoms with Crippen LogP contribution in [0, 0.1) is 0 Å². The fraction of sp³-hybridized carbons (Fsp3) is 0.412. The van der Waals surface area contributed by atoms with Crippen LogP contribution in [-0.2, 0) is 30.7 Å². The zero-order chi connectivity index (χ0) is 31.9. The predicted octanol–water partition coefficient (Wildman–Crippen LogP) is 6.60. The van der Waals surface area contributed by atoms with Gasteiger partial charge in [-0.15, -0.1) is 11.3 Å². The van der Waals surface area contributed by atoms with Gasteiger partial charge in [0.25, 0.3) is 11.8 Å². The maximum atomic E-state index is 14.4. The highest BCUT2D eigenvalue weighted by atomic mass is 35.5. The number of piperidine rings is 1. The van der Waals surface area contributed by atoms with Crippen LogP contribution in [-0.4, -0.2) is 68.6 Å². The molecule has 2 amide bonds. The first-order valence-electron chi connectivity index (χ1n) is 15.8. The Hall–Kier alpha value is -3.67. The average molecular weight is 665 g/mol. The summed E-state index contributed by atoms with van der Waals surface area (Å²) >= 11 is 8.14. The first-order chi connectivity index (χ1) is 22.3. The largest absolute Gasteiger partial charge is 0.331 e. The van der Waals surface area contributed by atoms with Gasteiger partial charge in [0.05, 0.1) is 18.6 Å². The van der Waals surface area contributed by atoms with Gasteiger partial charge < -0.3 is 14.4 Å². The molecule has 8 nitrogen and oxygen atoms in total. The minimum Gasteiger partial charge on any atom is -0.331 e. The molecular weight excluding hydrogens is 630 g/mol. The van der Waals surface area contributed by atoms with E-state index in [0.717, 1.165) is 43.5 Å². The van der Waals surface area contributed by atoms with Crippen molar-refractivity contribution in [1.29, 1.82) is 0 Å². The molecule has 46 heavy (non-hydrogen) atoms. The topological polar surface area (TPSA) is 83.4 Å². The van der Waals surface area contributed by atoms with Crippen molar-refractivity contribution >= 4 is 39.9 Å². The number of hydrogen-bond donors (Lipinski definition) is 1. The van der Waals surface area contributed by atoms with E-state index in [0.29, 0.717) is 45.1 Å². The second-order valence-corrected chi connectivity index (χ2v) is 13.6. The quantitative estimate of drug-likeness (QED) is 0.218. The number of carbonyl (C=O) groups excluding carboxylic acids is 2. The van der Waals surface area contributed by atoms with E-state index in [1.54, 1.807) is 16.1 Å². The molecule has 0 bridgehead atoms. The summed E-state index contributed by atoms with van der Waals surface area (Å²) in [5.41, 5.74) is 6.44. The minimum atomic E-state index is -1.09. The number of thiazole rings is 1. The lowest BCUT2D eigenvalue weighted by molar-refractivity contribution is -0.121. The highest BCUT2D eigenvalue weighted by Crippen LogP contribution is 2.41. The number of halogens is 3. The molecule has 0 radical (unpaired) electrons. The molecule has 4 aromatic rings. The molecule has 1 fully saturated rings. The molecule has 240 valence electrons. The summed E-state index contributed by atoms with van der Waals surface area (Å²) in [6, 6.07) is 9.11. The summed E-state index contributed by atoms with van der Waals surface area (Å²) in [7, 11) is 0. The Morgan fingerprint density at radius 1 is 1.17 bits per heavy atom. The van der Waals surface area contributed by atoms with Gasteiger partial charge in [-0.2, -0.15) is 0 Å². The first kappa shape index (κ1) is 31.0. The van der Waals surface area contributed by atoms with Crippen LogP contribution in [0.3, 0.4) is 0 Å². The number of carbonyl (C=O) groups is 2. The van der Waals surface area contributed by atoms with E-state index in [4.69, 9.17) is 11.6 Å². The van der Waals surface area contributed by atoms with E-state index in [-0.39, 0.29) is 32.1 Å². The van der Waals surface area contributed by atoms with E-state index in [1.807, 2.05) is 12.1 Å². The number of aromatic nitrogens is 3. The molecule has 1 saturated heterocycles. The number of rotatable bonds is 9. The molecule has 1 N–H and O–H groups in total. The third-order valence-electron chi connectivity index (χ3n) is 9.57. The fourth-order valence-corrected chi connectivity index (χ4v) is 8.04. The molecule has 3 aliphatic heterocycles. The van der Waals surface area contributed by atoms with Gasteiger partial charge in [0.1, 0.15) is 12.8 Å². The molecule has 0 spiro atoms. The Balaban J connectivity index is 1.19. The highest BCUT2D eigenvalue weighted by molar-refractivity contribution is 7.13. The molecule has 0 saturated carbocycles. The van der Waals surface area contributed by atoms with Gasteiger partial charge in [-0.3, -0.25) is 14.9 Å². The summed E-state index contributed by atoms with van der Waals surface area (Å²) in [5.74, 6) is -0.361. The van der Waals surface area contributed by atoms with Crippen LogP contribution in [0.4, 0.5) is 13.9 Å². The fourth-order valence-electron chi connectivity index (χ4n) is 7.23. The van der Waals surface area contributed by atoms with Crippen molar-refractivity contribution in [3.05, 3.63) is 86.9 Å². The number of anilines is 1. The van der Waals surface area contributed by atoms with E-state index >= 15 is 0 Å². The molecule has 0 aliphatic carbocycles. The Morgan fingerprint density at radius 2 is 2.00 bits per heavy atom. The molecule has 3 aliphatic rings. The average Bonchev–Trinajstić information content (AvgIpc) is 3.85. The van der Waals surface area contributed by atoms with Gasteiger partial charge in [0.15, 0.2) is 11.2 Å². The number of nitrogens with one attached hydrogen (secondary N) is 1. The van der Waals surface area contributed by atoms with Crippen LogP contribution < -0.4 is 5.32 Å². The smallest absolute Gasteiger partial charge is 0.255 e. The number of alkyl halides is 2. The van der Waals surface area contributed by atoms with E-state index < -0.39 is 18.1 Å². The summed E-state index contributed by atoms with van der Waals surface area (Å²) in [6.07, 6.45) is 5.05. The minimum absolute atomic E-state index is 0.120. The van der Waals surface area contributed by atoms with Gasteiger partial charge in [-0.05, 0) is 72.7 Å². The molecule has 12 heteroatoms. The SMILES string of the molecule is CCc1cc(-c2cc(Cl)c3c(c2)C(=O)N(C(C(=O)Nc2nccs2)c2ncn4c2C[C@@H](F)C4)C3)ccc1C1CCN(CCF)CC1. The van der Waals surface area contributed by atoms with Crippen LogP contribution in [0.1, 0.15) is 70.2 Å². The summed E-state index contributed by atoms with van der Waals surface area (Å²) in [6.45, 7) is 4.43. The highest BCUT2D eigenvalue weighted by Gasteiger charge is 2.42. The Bertz CT molecular complexity index is 1770. The van der Waals surface area contributed by atoms with Crippen LogP contribution in [0.2, 0.25) is 5.02 Å². The monoisotopic (exact) mass is 664 g/mol. The zero-order valence-corrected chi connectivity index (χ0v) is 27.1. The van der Waals surface area contributed by atoms with Crippen molar-refractivity contribution in [1.82, 2.24) is 24.3 Å². The van der Waals surface area contributed by atoms with Gasteiger partial charge in [-0.1, -0.05) is 36.7 Å². The number of aryl methyl sites for hydroxylation is 1. The number of amides is 2. The van der Waals surface area contributed by atoms with Crippen LogP contribution in [0.25, 0.3) is 11.1 Å². The third-order valence-corrected chi connectivity index (χ3v) is 10.6. The van der Waals surface area contributed by atoms with Crippen molar-refractivity contribution in [3.63, 3.8) is 0 Å². The Morgan fingerprint density at radius 3 is 2.74 bits per heavy atom. The lowest BCUT2D eigenvalue weighted by Gasteiger charge is -2.32. The molecule has 5 heterocycles. The second kappa shape index (κ2) is 12.8. The van der Waals surface area contributed by atoms with Gasteiger partial charge in [0, 0.05) is 52.9 Å².